The zero-order valence-electron chi connectivity index (χ0n) is 8.03. The molecule has 0 amide bonds. The monoisotopic (exact) mass is 204 g/mol. The van der Waals surface area contributed by atoms with E-state index in [1.54, 1.807) is 11.8 Å². The number of aliphatic hydroxyl groups excluding tert-OH is 1. The predicted octanol–water partition coefficient (Wildman–Crippen LogP) is 1.05. The maximum Gasteiger partial charge on any atom is 0.319 e. The number of carbonyl (C=O) groups excluding carboxylic acids is 1. The Morgan fingerprint density at radius 2 is 2.46 bits per heavy atom. The fraction of sp³-hybridized carbons (Fsp3) is 0.889. The second kappa shape index (κ2) is 4.86. The molecule has 3 atom stereocenters. The van der Waals surface area contributed by atoms with Crippen molar-refractivity contribution in [2.45, 2.75) is 31.6 Å². The van der Waals surface area contributed by atoms with Gasteiger partial charge in [-0.15, -0.1) is 11.8 Å². The van der Waals surface area contributed by atoms with Crippen LogP contribution in [-0.2, 0) is 9.53 Å². The molecule has 0 aromatic heterocycles. The molecule has 13 heavy (non-hydrogen) atoms. The third-order valence-electron chi connectivity index (χ3n) is 2.02. The summed E-state index contributed by atoms with van der Waals surface area (Å²) in [6, 6.07) is 0. The number of hydrogen-bond donors (Lipinski definition) is 1. The highest BCUT2D eigenvalue weighted by molar-refractivity contribution is 8.00. The van der Waals surface area contributed by atoms with Crippen LogP contribution < -0.4 is 0 Å². The molecule has 0 radical (unpaired) electrons. The van der Waals surface area contributed by atoms with Crippen molar-refractivity contribution in [2.24, 2.45) is 5.92 Å². The van der Waals surface area contributed by atoms with E-state index in [-0.39, 0.29) is 29.8 Å². The minimum absolute atomic E-state index is 0.0102. The van der Waals surface area contributed by atoms with Crippen molar-refractivity contribution in [3.8, 4) is 0 Å². The van der Waals surface area contributed by atoms with Crippen molar-refractivity contribution in [1.29, 1.82) is 0 Å². The van der Waals surface area contributed by atoms with Crippen LogP contribution in [0.3, 0.4) is 0 Å². The number of aliphatic hydroxyl groups is 1. The average molecular weight is 204 g/mol. The number of carbonyl (C=O) groups is 1. The van der Waals surface area contributed by atoms with Crippen LogP contribution in [0.4, 0.5) is 0 Å². The normalized spacial score (nSPS) is 30.2. The fourth-order valence-corrected chi connectivity index (χ4v) is 2.45. The van der Waals surface area contributed by atoms with E-state index in [1.165, 1.54) is 0 Å². The molecule has 0 unspecified atom stereocenters. The first kappa shape index (κ1) is 10.9. The summed E-state index contributed by atoms with van der Waals surface area (Å²) in [6.45, 7) is 4.06. The highest BCUT2D eigenvalue weighted by atomic mass is 32.2. The number of thioether (sulfide) groups is 1. The first-order valence-corrected chi connectivity index (χ1v) is 5.61. The highest BCUT2D eigenvalue weighted by Gasteiger charge is 2.32. The summed E-state index contributed by atoms with van der Waals surface area (Å²) in [4.78, 5) is 11.2. The van der Waals surface area contributed by atoms with Crippen LogP contribution in [0.25, 0.3) is 0 Å². The van der Waals surface area contributed by atoms with Crippen molar-refractivity contribution >= 4 is 17.7 Å². The quantitative estimate of drug-likeness (QED) is 0.695. The van der Waals surface area contributed by atoms with Crippen LogP contribution in [0.15, 0.2) is 0 Å². The Bertz CT molecular complexity index is 184. The first-order valence-electron chi connectivity index (χ1n) is 4.56. The summed E-state index contributed by atoms with van der Waals surface area (Å²) < 4.78 is 5.02. The largest absolute Gasteiger partial charge is 0.462 e. The van der Waals surface area contributed by atoms with E-state index in [0.717, 1.165) is 12.2 Å². The summed E-state index contributed by atoms with van der Waals surface area (Å²) in [5.41, 5.74) is 0. The van der Waals surface area contributed by atoms with Crippen molar-refractivity contribution in [2.75, 3.05) is 12.4 Å². The molecule has 0 spiro atoms. The van der Waals surface area contributed by atoms with Crippen LogP contribution in [0.2, 0.25) is 0 Å². The van der Waals surface area contributed by atoms with Gasteiger partial charge in [-0.2, -0.15) is 0 Å². The van der Waals surface area contributed by atoms with Gasteiger partial charge in [0.25, 0.3) is 0 Å². The Morgan fingerprint density at radius 1 is 1.77 bits per heavy atom. The molecule has 4 heteroatoms. The predicted molar refractivity (Wildman–Crippen MR) is 52.7 cm³/mol. The molecule has 1 N–H and O–H groups in total. The molecule has 1 rings (SSSR count). The lowest BCUT2D eigenvalue weighted by molar-refractivity contribution is -0.140. The van der Waals surface area contributed by atoms with Crippen molar-refractivity contribution < 1.29 is 14.6 Å². The lowest BCUT2D eigenvalue weighted by atomic mass is 10.2. The van der Waals surface area contributed by atoms with Gasteiger partial charge in [-0.3, -0.25) is 4.79 Å². The van der Waals surface area contributed by atoms with Crippen molar-refractivity contribution in [3.63, 3.8) is 0 Å². The number of hydrogen-bond acceptors (Lipinski definition) is 4. The van der Waals surface area contributed by atoms with E-state index < -0.39 is 0 Å². The average Bonchev–Trinajstić information content (AvgIpc) is 2.41. The van der Waals surface area contributed by atoms with Crippen LogP contribution in [0.1, 0.15) is 20.3 Å². The Balaban J connectivity index is 2.25. The molecule has 0 bridgehead atoms. The Labute approximate surface area is 82.8 Å². The molecular formula is C9H16O3S. The molecule has 1 aliphatic rings. The van der Waals surface area contributed by atoms with Gasteiger partial charge in [0.15, 0.2) is 0 Å². The minimum atomic E-state index is -0.0948. The highest BCUT2D eigenvalue weighted by Crippen LogP contribution is 2.27. The van der Waals surface area contributed by atoms with Crippen LogP contribution in [0.5, 0.6) is 0 Å². The number of esters is 1. The maximum atomic E-state index is 11.2. The lowest BCUT2D eigenvalue weighted by Crippen LogP contribution is -2.13. The van der Waals surface area contributed by atoms with E-state index in [9.17, 15) is 4.79 Å². The van der Waals surface area contributed by atoms with Crippen LogP contribution in [-0.4, -0.2) is 34.8 Å². The molecule has 3 nitrogen and oxygen atoms in total. The number of rotatable bonds is 4. The van der Waals surface area contributed by atoms with E-state index in [0.29, 0.717) is 0 Å². The minimum Gasteiger partial charge on any atom is -0.462 e. The molecule has 1 fully saturated rings. The molecule has 0 aromatic rings. The summed E-state index contributed by atoms with van der Waals surface area (Å²) in [7, 11) is 0. The summed E-state index contributed by atoms with van der Waals surface area (Å²) in [5, 5.41) is 8.79. The zero-order chi connectivity index (χ0) is 9.84. The molecule has 76 valence electrons. The maximum absolute atomic E-state index is 11.2. The molecular weight excluding hydrogens is 188 g/mol. The Hall–Kier alpha value is -0.220. The Kier molecular flexibility index (Phi) is 4.06. The second-order valence-electron chi connectivity index (χ2n) is 3.59. The lowest BCUT2D eigenvalue weighted by Gasteiger charge is -2.09. The van der Waals surface area contributed by atoms with Gasteiger partial charge in [0.1, 0.15) is 11.4 Å². The Morgan fingerprint density at radius 3 is 2.92 bits per heavy atom. The standard InChI is InChI=1S/C9H16O3S/c1-6(4-10)5-13-8-3-7(2)12-9(8)11/h6-8,10H,3-5H2,1-2H3/t6-,7+,8-/m0/s1. The van der Waals surface area contributed by atoms with E-state index in [1.807, 2.05) is 13.8 Å². The number of ether oxygens (including phenoxy) is 1. The molecule has 1 saturated heterocycles. The summed E-state index contributed by atoms with van der Waals surface area (Å²) in [6.07, 6.45) is 0.871. The number of cyclic esters (lactones) is 1. The summed E-state index contributed by atoms with van der Waals surface area (Å²) >= 11 is 1.59. The zero-order valence-corrected chi connectivity index (χ0v) is 8.84. The molecule has 0 aliphatic carbocycles. The van der Waals surface area contributed by atoms with Crippen LogP contribution in [0, 0.1) is 5.92 Å². The smallest absolute Gasteiger partial charge is 0.319 e. The first-order chi connectivity index (χ1) is 6.13. The molecule has 0 aromatic carbocycles. The van der Waals surface area contributed by atoms with Gasteiger partial charge >= 0.3 is 5.97 Å². The van der Waals surface area contributed by atoms with E-state index >= 15 is 0 Å². The molecule has 1 heterocycles. The molecule has 1 aliphatic heterocycles. The van der Waals surface area contributed by atoms with Gasteiger partial charge in [0, 0.05) is 13.0 Å². The van der Waals surface area contributed by atoms with E-state index in [2.05, 4.69) is 0 Å². The SMILES string of the molecule is C[C@@H](CO)CS[C@H]1C[C@@H](C)OC1=O. The fourth-order valence-electron chi connectivity index (χ4n) is 1.19. The van der Waals surface area contributed by atoms with Crippen molar-refractivity contribution in [3.05, 3.63) is 0 Å². The van der Waals surface area contributed by atoms with Gasteiger partial charge < -0.3 is 9.84 Å². The summed E-state index contributed by atoms with van der Waals surface area (Å²) in [5.74, 6) is 0.986. The van der Waals surface area contributed by atoms with Gasteiger partial charge in [-0.1, -0.05) is 6.92 Å². The molecule has 0 saturated carbocycles. The van der Waals surface area contributed by atoms with E-state index in [4.69, 9.17) is 9.84 Å². The second-order valence-corrected chi connectivity index (χ2v) is 4.83. The third-order valence-corrected chi connectivity index (χ3v) is 3.57. The topological polar surface area (TPSA) is 46.5 Å². The van der Waals surface area contributed by atoms with Crippen LogP contribution >= 0.6 is 11.8 Å². The van der Waals surface area contributed by atoms with Gasteiger partial charge in [0.2, 0.25) is 0 Å². The third kappa shape index (κ3) is 3.19. The van der Waals surface area contributed by atoms with Crippen molar-refractivity contribution in [1.82, 2.24) is 0 Å². The van der Waals surface area contributed by atoms with Gasteiger partial charge in [0.05, 0.1) is 0 Å². The van der Waals surface area contributed by atoms with Gasteiger partial charge in [-0.25, -0.2) is 0 Å². The van der Waals surface area contributed by atoms with Gasteiger partial charge in [-0.05, 0) is 18.6 Å².